The van der Waals surface area contributed by atoms with Crippen molar-refractivity contribution in [1.29, 1.82) is 0 Å². The van der Waals surface area contributed by atoms with Gasteiger partial charge in [-0.2, -0.15) is 0 Å². The summed E-state index contributed by atoms with van der Waals surface area (Å²) in [4.78, 5) is 12.4. The Balaban J connectivity index is 2.29. The summed E-state index contributed by atoms with van der Waals surface area (Å²) in [5, 5.41) is 0. The molecule has 86 valence electrons. The van der Waals surface area contributed by atoms with Crippen molar-refractivity contribution in [3.8, 4) is 5.75 Å². The predicted octanol–water partition coefficient (Wildman–Crippen LogP) is 2.54. The van der Waals surface area contributed by atoms with Crippen molar-refractivity contribution in [3.05, 3.63) is 48.0 Å². The van der Waals surface area contributed by atoms with Crippen molar-refractivity contribution in [1.82, 2.24) is 9.97 Å². The number of aryl methyl sites for hydroxylation is 1. The Hall–Kier alpha value is -2.23. The summed E-state index contributed by atoms with van der Waals surface area (Å²) in [6.45, 7) is 2.01. The van der Waals surface area contributed by atoms with Crippen molar-refractivity contribution in [2.75, 3.05) is 7.11 Å². The number of rotatable bonds is 3. The maximum Gasteiger partial charge on any atom is 0.144 e. The van der Waals surface area contributed by atoms with Crippen LogP contribution in [-0.2, 0) is 0 Å². The molecule has 1 aromatic carbocycles. The number of aromatic nitrogens is 2. The summed E-state index contributed by atoms with van der Waals surface area (Å²) in [5.41, 5.74) is 2.64. The molecule has 0 N–H and O–H groups in total. The third-order valence-electron chi connectivity index (χ3n) is 2.25. The molecule has 0 bridgehead atoms. The van der Waals surface area contributed by atoms with Crippen LogP contribution in [0.5, 0.6) is 5.75 Å². The lowest BCUT2D eigenvalue weighted by molar-refractivity contribution is 0.416. The van der Waals surface area contributed by atoms with Crippen molar-refractivity contribution in [2.24, 2.45) is 4.99 Å². The number of hydrogen-bond acceptors (Lipinski definition) is 4. The van der Waals surface area contributed by atoms with Gasteiger partial charge >= 0.3 is 0 Å². The summed E-state index contributed by atoms with van der Waals surface area (Å²) in [5.74, 6) is 0.746. The van der Waals surface area contributed by atoms with Gasteiger partial charge in [-0.05, 0) is 24.6 Å². The molecule has 0 fully saturated rings. The Morgan fingerprint density at radius 1 is 1.29 bits per heavy atom. The van der Waals surface area contributed by atoms with Crippen LogP contribution in [0.2, 0.25) is 0 Å². The van der Waals surface area contributed by atoms with Gasteiger partial charge in [0, 0.05) is 12.4 Å². The quantitative estimate of drug-likeness (QED) is 0.757. The van der Waals surface area contributed by atoms with Crippen LogP contribution in [0.25, 0.3) is 0 Å². The molecule has 4 heteroatoms. The zero-order valence-corrected chi connectivity index (χ0v) is 9.79. The average molecular weight is 227 g/mol. The lowest BCUT2D eigenvalue weighted by atomic mass is 10.2. The average Bonchev–Trinajstić information content (AvgIpc) is 2.38. The Morgan fingerprint density at radius 2 is 2.18 bits per heavy atom. The highest BCUT2D eigenvalue weighted by Gasteiger charge is 2.00. The molecular formula is C13H13N3O. The summed E-state index contributed by atoms with van der Waals surface area (Å²) < 4.78 is 5.24. The summed E-state index contributed by atoms with van der Waals surface area (Å²) >= 11 is 0. The molecule has 0 saturated carbocycles. The van der Waals surface area contributed by atoms with E-state index in [0.29, 0.717) is 0 Å². The zero-order chi connectivity index (χ0) is 12.1. The third-order valence-corrected chi connectivity index (χ3v) is 2.25. The Bertz CT molecular complexity index is 523. The van der Waals surface area contributed by atoms with Crippen LogP contribution in [0.3, 0.4) is 0 Å². The molecule has 17 heavy (non-hydrogen) atoms. The fraction of sp³-hybridized carbons (Fsp3) is 0.154. The lowest BCUT2D eigenvalue weighted by Gasteiger charge is -2.04. The van der Waals surface area contributed by atoms with Gasteiger partial charge in [-0.15, -0.1) is 0 Å². The van der Waals surface area contributed by atoms with Crippen LogP contribution in [0.15, 0.2) is 41.8 Å². The van der Waals surface area contributed by atoms with Crippen molar-refractivity contribution in [3.63, 3.8) is 0 Å². The molecule has 0 spiro atoms. The number of methoxy groups -OCH3 is 1. The second-order valence-electron chi connectivity index (χ2n) is 3.56. The maximum absolute atomic E-state index is 5.24. The van der Waals surface area contributed by atoms with E-state index in [1.807, 2.05) is 25.1 Å². The van der Waals surface area contributed by atoms with Gasteiger partial charge in [-0.3, -0.25) is 15.0 Å². The number of nitrogens with zero attached hydrogens (tertiary/aromatic N) is 3. The summed E-state index contributed by atoms with van der Waals surface area (Å²) in [7, 11) is 1.63. The molecule has 0 radical (unpaired) electrons. The largest absolute Gasteiger partial charge is 0.494 e. The van der Waals surface area contributed by atoms with E-state index in [1.54, 1.807) is 31.9 Å². The molecule has 4 nitrogen and oxygen atoms in total. The van der Waals surface area contributed by atoms with E-state index in [0.717, 1.165) is 22.7 Å². The van der Waals surface area contributed by atoms with Gasteiger partial charge in [0.1, 0.15) is 11.4 Å². The highest BCUT2D eigenvalue weighted by molar-refractivity contribution is 5.80. The first kappa shape index (κ1) is 11.3. The summed E-state index contributed by atoms with van der Waals surface area (Å²) in [6, 6.07) is 5.85. The van der Waals surface area contributed by atoms with Crippen LogP contribution >= 0.6 is 0 Å². The van der Waals surface area contributed by atoms with E-state index >= 15 is 0 Å². The van der Waals surface area contributed by atoms with Crippen LogP contribution in [0.1, 0.15) is 11.3 Å². The molecular weight excluding hydrogens is 214 g/mol. The Kier molecular flexibility index (Phi) is 3.45. The van der Waals surface area contributed by atoms with Crippen LogP contribution < -0.4 is 4.74 Å². The lowest BCUT2D eigenvalue weighted by Crippen LogP contribution is -1.88. The molecule has 0 aliphatic heterocycles. The van der Waals surface area contributed by atoms with Gasteiger partial charge in [0.2, 0.25) is 0 Å². The van der Waals surface area contributed by atoms with E-state index in [4.69, 9.17) is 4.74 Å². The molecule has 0 amide bonds. The number of ether oxygens (including phenoxy) is 1. The van der Waals surface area contributed by atoms with E-state index in [9.17, 15) is 0 Å². The van der Waals surface area contributed by atoms with Crippen LogP contribution in [0, 0.1) is 6.92 Å². The fourth-order valence-corrected chi connectivity index (χ4v) is 1.41. The number of hydrogen-bond donors (Lipinski definition) is 0. The smallest absolute Gasteiger partial charge is 0.144 e. The molecule has 2 rings (SSSR count). The zero-order valence-electron chi connectivity index (χ0n) is 9.79. The van der Waals surface area contributed by atoms with Gasteiger partial charge in [0.05, 0.1) is 25.2 Å². The molecule has 2 aromatic rings. The first-order valence-corrected chi connectivity index (χ1v) is 5.24. The van der Waals surface area contributed by atoms with E-state index in [1.165, 1.54) is 0 Å². The minimum atomic E-state index is 0.719. The van der Waals surface area contributed by atoms with Crippen molar-refractivity contribution in [2.45, 2.75) is 6.92 Å². The normalized spacial score (nSPS) is 10.7. The molecule has 0 unspecified atom stereocenters. The SMILES string of the molecule is COc1ccc(C)cc1N=Cc1cnccn1. The van der Waals surface area contributed by atoms with Gasteiger partial charge in [0.15, 0.2) is 0 Å². The molecule has 1 aromatic heterocycles. The highest BCUT2D eigenvalue weighted by atomic mass is 16.5. The maximum atomic E-state index is 5.24. The van der Waals surface area contributed by atoms with Gasteiger partial charge in [-0.1, -0.05) is 6.07 Å². The van der Waals surface area contributed by atoms with Gasteiger partial charge < -0.3 is 4.74 Å². The monoisotopic (exact) mass is 227 g/mol. The topological polar surface area (TPSA) is 47.4 Å². The standard InChI is InChI=1S/C13H13N3O/c1-10-3-4-13(17-2)12(7-10)16-9-11-8-14-5-6-15-11/h3-9H,1-2H3. The molecule has 1 heterocycles. The predicted molar refractivity (Wildman–Crippen MR) is 67.0 cm³/mol. The number of benzene rings is 1. The minimum Gasteiger partial charge on any atom is -0.494 e. The van der Waals surface area contributed by atoms with Crippen LogP contribution in [-0.4, -0.2) is 23.3 Å². The third kappa shape index (κ3) is 2.87. The van der Waals surface area contributed by atoms with E-state index < -0.39 is 0 Å². The first-order valence-electron chi connectivity index (χ1n) is 5.24. The van der Waals surface area contributed by atoms with Gasteiger partial charge in [-0.25, -0.2) is 0 Å². The molecule has 0 aliphatic carbocycles. The Morgan fingerprint density at radius 3 is 2.88 bits per heavy atom. The van der Waals surface area contributed by atoms with Gasteiger partial charge in [0.25, 0.3) is 0 Å². The van der Waals surface area contributed by atoms with Crippen LogP contribution in [0.4, 0.5) is 5.69 Å². The fourth-order valence-electron chi connectivity index (χ4n) is 1.41. The van der Waals surface area contributed by atoms with Crippen molar-refractivity contribution >= 4 is 11.9 Å². The van der Waals surface area contributed by atoms with Crippen molar-refractivity contribution < 1.29 is 4.74 Å². The minimum absolute atomic E-state index is 0.719. The highest BCUT2D eigenvalue weighted by Crippen LogP contribution is 2.27. The summed E-state index contributed by atoms with van der Waals surface area (Å²) in [6.07, 6.45) is 6.59. The van der Waals surface area contributed by atoms with E-state index in [-0.39, 0.29) is 0 Å². The Labute approximate surface area is 100 Å². The second kappa shape index (κ2) is 5.21. The molecule has 0 saturated heterocycles. The molecule has 0 aliphatic rings. The second-order valence-corrected chi connectivity index (χ2v) is 3.56. The first-order chi connectivity index (χ1) is 8.29. The number of aliphatic imine (C=N–C) groups is 1. The molecule has 0 atom stereocenters. The van der Waals surface area contributed by atoms with E-state index in [2.05, 4.69) is 15.0 Å².